The van der Waals surface area contributed by atoms with Crippen LogP contribution in [0.15, 0.2) is 23.1 Å². The average Bonchev–Trinajstić information content (AvgIpc) is 1.82. The molecule has 1 rings (SSSR count). The Balaban J connectivity index is 2.98. The second kappa shape index (κ2) is 3.66. The van der Waals surface area contributed by atoms with E-state index in [-0.39, 0.29) is 4.58 Å². The summed E-state index contributed by atoms with van der Waals surface area (Å²) < 4.78 is 22.6. The first-order valence-electron chi connectivity index (χ1n) is 3.61. The lowest BCUT2D eigenvalue weighted by molar-refractivity contribution is 0.675. The quantitative estimate of drug-likeness (QED) is 0.603. The Bertz CT molecular complexity index is 291. The SMILES string of the molecule is C=C(C)C1S(=O)C=C(C)CS1=O. The molecule has 0 amide bonds. The molecule has 3 atom stereocenters. The zero-order valence-electron chi connectivity index (χ0n) is 7.20. The third-order valence-electron chi connectivity index (χ3n) is 1.54. The molecule has 1 aliphatic heterocycles. The monoisotopic (exact) mass is 204 g/mol. The predicted molar refractivity (Wildman–Crippen MR) is 53.5 cm³/mol. The van der Waals surface area contributed by atoms with E-state index >= 15 is 0 Å². The van der Waals surface area contributed by atoms with Gasteiger partial charge in [0.25, 0.3) is 0 Å². The summed E-state index contributed by atoms with van der Waals surface area (Å²) >= 11 is 0. The minimum absolute atomic E-state index is 0.353. The highest BCUT2D eigenvalue weighted by Crippen LogP contribution is 2.20. The molecule has 2 nitrogen and oxygen atoms in total. The van der Waals surface area contributed by atoms with Gasteiger partial charge in [0, 0.05) is 22.0 Å². The van der Waals surface area contributed by atoms with E-state index in [1.807, 2.05) is 6.92 Å². The summed E-state index contributed by atoms with van der Waals surface area (Å²) in [7, 11) is -2.17. The Morgan fingerprint density at radius 1 is 1.67 bits per heavy atom. The molecule has 1 aliphatic rings. The van der Waals surface area contributed by atoms with E-state index < -0.39 is 21.6 Å². The largest absolute Gasteiger partial charge is 0.258 e. The van der Waals surface area contributed by atoms with Gasteiger partial charge in [0.15, 0.2) is 0 Å². The molecule has 0 saturated carbocycles. The first kappa shape index (κ1) is 9.86. The normalized spacial score (nSPS) is 35.8. The van der Waals surface area contributed by atoms with Crippen LogP contribution in [0.25, 0.3) is 0 Å². The summed E-state index contributed by atoms with van der Waals surface area (Å²) in [6.45, 7) is 7.31. The first-order valence-corrected chi connectivity index (χ1v) is 6.27. The zero-order valence-corrected chi connectivity index (χ0v) is 8.83. The fourth-order valence-corrected chi connectivity index (χ4v) is 4.58. The molecule has 0 aromatic carbocycles. The van der Waals surface area contributed by atoms with Crippen molar-refractivity contribution in [1.82, 2.24) is 0 Å². The standard InChI is InChI=1S/C8H12O2S2/c1-6(2)8-11(9)4-7(3)5-12(8)10/h4,8H,1,5H2,2-3H3. The molecular formula is C8H12O2S2. The molecule has 0 radical (unpaired) electrons. The molecular weight excluding hydrogens is 192 g/mol. The van der Waals surface area contributed by atoms with Crippen LogP contribution < -0.4 is 0 Å². The van der Waals surface area contributed by atoms with Gasteiger partial charge >= 0.3 is 0 Å². The van der Waals surface area contributed by atoms with E-state index in [4.69, 9.17) is 0 Å². The zero-order chi connectivity index (χ0) is 9.30. The Hall–Kier alpha value is -0.220. The highest BCUT2D eigenvalue weighted by molar-refractivity contribution is 8.05. The number of hydrogen-bond acceptors (Lipinski definition) is 2. The lowest BCUT2D eigenvalue weighted by Gasteiger charge is -2.19. The highest BCUT2D eigenvalue weighted by atomic mass is 32.2. The summed E-state index contributed by atoms with van der Waals surface area (Å²) in [5, 5.41) is 1.68. The van der Waals surface area contributed by atoms with E-state index in [1.54, 1.807) is 12.3 Å². The fourth-order valence-electron chi connectivity index (χ4n) is 1.12. The summed E-state index contributed by atoms with van der Waals surface area (Å²) in [4.78, 5) is 0. The van der Waals surface area contributed by atoms with Gasteiger partial charge in [-0.3, -0.25) is 8.42 Å². The second-order valence-electron chi connectivity index (χ2n) is 3.00. The van der Waals surface area contributed by atoms with Crippen molar-refractivity contribution in [3.8, 4) is 0 Å². The molecule has 0 aromatic rings. The Morgan fingerprint density at radius 3 is 2.67 bits per heavy atom. The van der Waals surface area contributed by atoms with E-state index in [0.717, 1.165) is 11.1 Å². The van der Waals surface area contributed by atoms with E-state index in [2.05, 4.69) is 6.58 Å². The molecule has 0 saturated heterocycles. The van der Waals surface area contributed by atoms with Crippen molar-refractivity contribution in [2.75, 3.05) is 5.75 Å². The van der Waals surface area contributed by atoms with E-state index in [0.29, 0.717) is 5.75 Å². The highest BCUT2D eigenvalue weighted by Gasteiger charge is 2.27. The van der Waals surface area contributed by atoms with Crippen LogP contribution >= 0.6 is 0 Å². The lowest BCUT2D eigenvalue weighted by Crippen LogP contribution is -2.27. The van der Waals surface area contributed by atoms with E-state index in [1.165, 1.54) is 0 Å². The number of hydrogen-bond donors (Lipinski definition) is 0. The summed E-state index contributed by atoms with van der Waals surface area (Å²) in [6.07, 6.45) is 0. The molecule has 0 aliphatic carbocycles. The van der Waals surface area contributed by atoms with Gasteiger partial charge in [0.2, 0.25) is 0 Å². The molecule has 0 aromatic heterocycles. The molecule has 4 heteroatoms. The molecule has 0 N–H and O–H groups in total. The third kappa shape index (κ3) is 1.93. The lowest BCUT2D eigenvalue weighted by atomic mass is 10.4. The second-order valence-corrected chi connectivity index (χ2v) is 6.18. The Kier molecular flexibility index (Phi) is 3.01. The van der Waals surface area contributed by atoms with Crippen molar-refractivity contribution in [3.05, 3.63) is 23.1 Å². The molecule has 12 heavy (non-hydrogen) atoms. The van der Waals surface area contributed by atoms with Crippen molar-refractivity contribution in [3.63, 3.8) is 0 Å². The smallest absolute Gasteiger partial charge is 0.135 e. The minimum atomic E-state index is -1.13. The maximum atomic E-state index is 11.5. The van der Waals surface area contributed by atoms with Gasteiger partial charge in [0.1, 0.15) is 4.58 Å². The van der Waals surface area contributed by atoms with Crippen LogP contribution in [-0.2, 0) is 21.6 Å². The van der Waals surface area contributed by atoms with Crippen molar-refractivity contribution >= 4 is 21.6 Å². The maximum absolute atomic E-state index is 11.5. The van der Waals surface area contributed by atoms with Gasteiger partial charge in [-0.1, -0.05) is 17.7 Å². The van der Waals surface area contributed by atoms with Gasteiger partial charge in [-0.15, -0.1) is 0 Å². The average molecular weight is 204 g/mol. The van der Waals surface area contributed by atoms with Crippen molar-refractivity contribution in [1.29, 1.82) is 0 Å². The van der Waals surface area contributed by atoms with Gasteiger partial charge in [0.05, 0.1) is 10.8 Å². The fraction of sp³-hybridized carbons (Fsp3) is 0.500. The van der Waals surface area contributed by atoms with Crippen molar-refractivity contribution in [2.45, 2.75) is 18.4 Å². The van der Waals surface area contributed by atoms with Gasteiger partial charge in [-0.05, 0) is 13.8 Å². The van der Waals surface area contributed by atoms with Crippen LogP contribution in [0.1, 0.15) is 13.8 Å². The van der Waals surface area contributed by atoms with Crippen molar-refractivity contribution in [2.24, 2.45) is 0 Å². The van der Waals surface area contributed by atoms with Crippen LogP contribution in [0, 0.1) is 0 Å². The third-order valence-corrected chi connectivity index (χ3v) is 5.83. The van der Waals surface area contributed by atoms with Crippen LogP contribution in [0.4, 0.5) is 0 Å². The number of rotatable bonds is 1. The summed E-state index contributed by atoms with van der Waals surface area (Å²) in [6, 6.07) is 0. The molecule has 0 fully saturated rings. The van der Waals surface area contributed by atoms with Gasteiger partial charge in [-0.2, -0.15) is 0 Å². The molecule has 0 spiro atoms. The predicted octanol–water partition coefficient (Wildman–Crippen LogP) is 1.30. The van der Waals surface area contributed by atoms with Crippen molar-refractivity contribution < 1.29 is 8.42 Å². The molecule has 68 valence electrons. The molecule has 3 unspecified atom stereocenters. The van der Waals surface area contributed by atoms with Crippen LogP contribution in [0.3, 0.4) is 0 Å². The summed E-state index contributed by atoms with van der Waals surface area (Å²) in [5.74, 6) is 0.531. The topological polar surface area (TPSA) is 34.1 Å². The van der Waals surface area contributed by atoms with Gasteiger partial charge < -0.3 is 0 Å². The van der Waals surface area contributed by atoms with Crippen LogP contribution in [0.5, 0.6) is 0 Å². The first-order chi connectivity index (χ1) is 5.52. The van der Waals surface area contributed by atoms with Gasteiger partial charge in [-0.25, -0.2) is 0 Å². The summed E-state index contributed by atoms with van der Waals surface area (Å²) in [5.41, 5.74) is 1.69. The maximum Gasteiger partial charge on any atom is 0.135 e. The van der Waals surface area contributed by atoms with Crippen LogP contribution in [-0.4, -0.2) is 18.8 Å². The molecule has 0 bridgehead atoms. The Labute approximate surface area is 77.7 Å². The molecule has 1 heterocycles. The minimum Gasteiger partial charge on any atom is -0.258 e. The Morgan fingerprint density at radius 2 is 2.25 bits per heavy atom. The van der Waals surface area contributed by atoms with E-state index in [9.17, 15) is 8.42 Å². The van der Waals surface area contributed by atoms with Crippen LogP contribution in [0.2, 0.25) is 0 Å².